The van der Waals surface area contributed by atoms with Crippen LogP contribution in [0.2, 0.25) is 0 Å². The molecule has 0 heterocycles. The number of carboxylic acids is 1. The van der Waals surface area contributed by atoms with E-state index in [2.05, 4.69) is 5.32 Å². The molecule has 1 aliphatic rings. The summed E-state index contributed by atoms with van der Waals surface area (Å²) in [4.78, 5) is 35.6. The first kappa shape index (κ1) is 17.9. The van der Waals surface area contributed by atoms with Crippen molar-refractivity contribution >= 4 is 17.8 Å². The highest BCUT2D eigenvalue weighted by atomic mass is 16.5. The third-order valence-electron chi connectivity index (χ3n) is 4.87. The molecule has 2 rings (SSSR count). The maximum atomic E-state index is 12.5. The van der Waals surface area contributed by atoms with Crippen molar-refractivity contribution < 1.29 is 24.2 Å². The smallest absolute Gasteiger partial charge is 0.330 e. The lowest BCUT2D eigenvalue weighted by Crippen LogP contribution is -2.76. The maximum absolute atomic E-state index is 12.5. The lowest BCUT2D eigenvalue weighted by molar-refractivity contribution is -0.190. The third kappa shape index (κ3) is 2.75. The van der Waals surface area contributed by atoms with Crippen LogP contribution >= 0.6 is 0 Å². The quantitative estimate of drug-likeness (QED) is 0.721. The van der Waals surface area contributed by atoms with E-state index >= 15 is 0 Å². The van der Waals surface area contributed by atoms with Gasteiger partial charge in [0.1, 0.15) is 5.54 Å². The number of aliphatic carboxylic acids is 1. The van der Waals surface area contributed by atoms with Crippen molar-refractivity contribution in [3.63, 3.8) is 0 Å². The molecule has 7 nitrogen and oxygen atoms in total. The molecule has 7 heteroatoms. The van der Waals surface area contributed by atoms with Gasteiger partial charge in [0, 0.05) is 29.6 Å². The van der Waals surface area contributed by atoms with Gasteiger partial charge in [-0.2, -0.15) is 0 Å². The molecule has 0 aliphatic heterocycles. The number of hydrogen-bond acceptors (Lipinski definition) is 4. The number of hydrogen-bond donors (Lipinski definition) is 3. The minimum Gasteiger partial charge on any atom is -0.479 e. The van der Waals surface area contributed by atoms with Crippen LogP contribution in [-0.2, 0) is 9.53 Å². The van der Waals surface area contributed by atoms with Gasteiger partial charge in [-0.1, -0.05) is 19.9 Å². The molecule has 0 aromatic heterocycles. The lowest BCUT2D eigenvalue weighted by Gasteiger charge is -2.58. The Morgan fingerprint density at radius 3 is 2.46 bits per heavy atom. The summed E-state index contributed by atoms with van der Waals surface area (Å²) in [6, 6.07) is 5.86. The number of rotatable bonds is 6. The minimum atomic E-state index is -1.42. The Hall–Kier alpha value is -2.41. The molecule has 130 valence electrons. The standard InChI is InChI=1S/C17H22N2O5/c1-4-24-12-9-17(15(22)23,16(12,2)3)19-14(21)11-7-5-6-10(8-11)13(18)20/h5-8,12H,4,9H2,1-3H3,(H2,18,20)(H,19,21)(H,22,23). The van der Waals surface area contributed by atoms with E-state index in [9.17, 15) is 19.5 Å². The highest BCUT2D eigenvalue weighted by Crippen LogP contribution is 2.51. The number of carbonyl (C=O) groups is 3. The maximum Gasteiger partial charge on any atom is 0.330 e. The number of primary amides is 1. The summed E-state index contributed by atoms with van der Waals surface area (Å²) >= 11 is 0. The summed E-state index contributed by atoms with van der Waals surface area (Å²) in [5, 5.41) is 12.3. The summed E-state index contributed by atoms with van der Waals surface area (Å²) in [6.45, 7) is 5.82. The first-order valence-electron chi connectivity index (χ1n) is 7.73. The summed E-state index contributed by atoms with van der Waals surface area (Å²) in [7, 11) is 0. The van der Waals surface area contributed by atoms with Crippen LogP contribution in [0.3, 0.4) is 0 Å². The number of ether oxygens (including phenoxy) is 1. The minimum absolute atomic E-state index is 0.183. The topological polar surface area (TPSA) is 119 Å². The molecule has 4 N–H and O–H groups in total. The Kier molecular flexibility index (Phi) is 4.66. The Morgan fingerprint density at radius 2 is 1.96 bits per heavy atom. The molecule has 0 bridgehead atoms. The van der Waals surface area contributed by atoms with Gasteiger partial charge in [-0.05, 0) is 25.1 Å². The van der Waals surface area contributed by atoms with Crippen molar-refractivity contribution in [1.82, 2.24) is 5.32 Å². The van der Waals surface area contributed by atoms with Gasteiger partial charge in [-0.15, -0.1) is 0 Å². The highest BCUT2D eigenvalue weighted by molar-refractivity contribution is 6.01. The number of nitrogens with two attached hydrogens (primary N) is 1. The van der Waals surface area contributed by atoms with Gasteiger partial charge in [0.05, 0.1) is 6.10 Å². The van der Waals surface area contributed by atoms with Crippen LogP contribution in [0.4, 0.5) is 0 Å². The van der Waals surface area contributed by atoms with Gasteiger partial charge in [0.2, 0.25) is 5.91 Å². The first-order chi connectivity index (χ1) is 11.2. The molecule has 24 heavy (non-hydrogen) atoms. The van der Waals surface area contributed by atoms with Crippen molar-refractivity contribution in [2.24, 2.45) is 11.1 Å². The second kappa shape index (κ2) is 6.24. The molecule has 2 unspecified atom stereocenters. The molecule has 2 atom stereocenters. The Bertz CT molecular complexity index is 685. The van der Waals surface area contributed by atoms with Crippen molar-refractivity contribution in [3.8, 4) is 0 Å². The zero-order valence-electron chi connectivity index (χ0n) is 14.0. The van der Waals surface area contributed by atoms with Gasteiger partial charge in [0.25, 0.3) is 5.91 Å². The van der Waals surface area contributed by atoms with Crippen LogP contribution in [0.5, 0.6) is 0 Å². The zero-order valence-corrected chi connectivity index (χ0v) is 14.0. The molecular weight excluding hydrogens is 312 g/mol. The Morgan fingerprint density at radius 1 is 1.33 bits per heavy atom. The van der Waals surface area contributed by atoms with Crippen LogP contribution < -0.4 is 11.1 Å². The number of amides is 2. The predicted molar refractivity (Wildman–Crippen MR) is 86.6 cm³/mol. The predicted octanol–water partition coefficient (Wildman–Crippen LogP) is 1.17. The SMILES string of the molecule is CCOC1CC(NC(=O)c2cccc(C(N)=O)c2)(C(=O)O)C1(C)C. The van der Waals surface area contributed by atoms with Crippen molar-refractivity contribution in [2.75, 3.05) is 6.61 Å². The molecule has 1 aromatic carbocycles. The molecule has 1 fully saturated rings. The van der Waals surface area contributed by atoms with Gasteiger partial charge in [-0.3, -0.25) is 9.59 Å². The zero-order chi connectivity index (χ0) is 18.1. The number of carbonyl (C=O) groups excluding carboxylic acids is 2. The van der Waals surface area contributed by atoms with E-state index in [1.807, 2.05) is 6.92 Å². The van der Waals surface area contributed by atoms with Gasteiger partial charge >= 0.3 is 5.97 Å². The largest absolute Gasteiger partial charge is 0.479 e. The van der Waals surface area contributed by atoms with E-state index in [0.29, 0.717) is 6.61 Å². The van der Waals surface area contributed by atoms with Crippen molar-refractivity contribution in [3.05, 3.63) is 35.4 Å². The van der Waals surface area contributed by atoms with Gasteiger partial charge in [-0.25, -0.2) is 4.79 Å². The fourth-order valence-corrected chi connectivity index (χ4v) is 3.12. The second-order valence-corrected chi connectivity index (χ2v) is 6.48. The van der Waals surface area contributed by atoms with Crippen LogP contribution in [-0.4, -0.2) is 41.1 Å². The molecule has 0 spiro atoms. The first-order valence-corrected chi connectivity index (χ1v) is 7.73. The molecule has 2 amide bonds. The summed E-state index contributed by atoms with van der Waals surface area (Å²) in [6.07, 6.45) is -0.0689. The molecule has 1 aliphatic carbocycles. The van der Waals surface area contributed by atoms with Crippen molar-refractivity contribution in [2.45, 2.75) is 38.8 Å². The van der Waals surface area contributed by atoms with Crippen LogP contribution in [0.1, 0.15) is 47.9 Å². The third-order valence-corrected chi connectivity index (χ3v) is 4.87. The summed E-state index contributed by atoms with van der Waals surface area (Å²) in [5.41, 5.74) is 3.38. The lowest BCUT2D eigenvalue weighted by atomic mass is 9.54. The molecular formula is C17H22N2O5. The van der Waals surface area contributed by atoms with Crippen LogP contribution in [0.25, 0.3) is 0 Å². The fourth-order valence-electron chi connectivity index (χ4n) is 3.12. The monoisotopic (exact) mass is 334 g/mol. The summed E-state index contributed by atoms with van der Waals surface area (Å²) < 4.78 is 5.56. The summed E-state index contributed by atoms with van der Waals surface area (Å²) in [5.74, 6) is -2.33. The van der Waals surface area contributed by atoms with Crippen LogP contribution in [0.15, 0.2) is 24.3 Å². The fraction of sp³-hybridized carbons (Fsp3) is 0.471. The van der Waals surface area contributed by atoms with Gasteiger partial charge in [0.15, 0.2) is 0 Å². The molecule has 0 radical (unpaired) electrons. The van der Waals surface area contributed by atoms with E-state index in [1.165, 1.54) is 24.3 Å². The van der Waals surface area contributed by atoms with E-state index in [0.717, 1.165) is 0 Å². The number of benzene rings is 1. The van der Waals surface area contributed by atoms with Crippen molar-refractivity contribution in [1.29, 1.82) is 0 Å². The van der Waals surface area contributed by atoms with E-state index < -0.39 is 28.7 Å². The second-order valence-electron chi connectivity index (χ2n) is 6.48. The van der Waals surface area contributed by atoms with E-state index in [4.69, 9.17) is 10.5 Å². The number of carboxylic acid groups (broad SMARTS) is 1. The average molecular weight is 334 g/mol. The number of nitrogens with one attached hydrogen (secondary N) is 1. The highest BCUT2D eigenvalue weighted by Gasteiger charge is 2.66. The van der Waals surface area contributed by atoms with E-state index in [1.54, 1.807) is 13.8 Å². The normalized spacial score (nSPS) is 24.7. The van der Waals surface area contributed by atoms with Gasteiger partial charge < -0.3 is 20.9 Å². The Labute approximate surface area is 140 Å². The van der Waals surface area contributed by atoms with E-state index in [-0.39, 0.29) is 23.7 Å². The molecule has 0 saturated heterocycles. The average Bonchev–Trinajstić information content (AvgIpc) is 2.53. The molecule has 1 saturated carbocycles. The molecule has 1 aromatic rings. The Balaban J connectivity index is 2.27. The van der Waals surface area contributed by atoms with Crippen LogP contribution in [0, 0.1) is 5.41 Å².